The van der Waals surface area contributed by atoms with Gasteiger partial charge in [-0.05, 0) is 37.5 Å². The molecule has 7 heteroatoms. The van der Waals surface area contributed by atoms with Crippen molar-refractivity contribution in [2.24, 2.45) is 0 Å². The lowest BCUT2D eigenvalue weighted by Gasteiger charge is -2.31. The van der Waals surface area contributed by atoms with E-state index >= 15 is 0 Å². The van der Waals surface area contributed by atoms with Gasteiger partial charge in [-0.25, -0.2) is 4.98 Å². The second kappa shape index (κ2) is 7.68. The number of H-pyrrole nitrogens is 1. The fourth-order valence-electron chi connectivity index (χ4n) is 3.30. The van der Waals surface area contributed by atoms with Gasteiger partial charge in [-0.2, -0.15) is 5.10 Å². The third kappa shape index (κ3) is 3.92. The lowest BCUT2D eigenvalue weighted by atomic mass is 9.95. The first-order valence-electron chi connectivity index (χ1n) is 9.06. The Hall–Kier alpha value is -2.70. The maximum Gasteiger partial charge on any atom is 0.254 e. The average molecular weight is 355 g/mol. The summed E-state index contributed by atoms with van der Waals surface area (Å²) in [6, 6.07) is 5.44. The van der Waals surface area contributed by atoms with E-state index in [-0.39, 0.29) is 11.8 Å². The van der Waals surface area contributed by atoms with Gasteiger partial charge >= 0.3 is 0 Å². The fourth-order valence-corrected chi connectivity index (χ4v) is 3.30. The van der Waals surface area contributed by atoms with Crippen LogP contribution >= 0.6 is 0 Å². The van der Waals surface area contributed by atoms with Crippen LogP contribution in [-0.4, -0.2) is 45.0 Å². The molecule has 0 aliphatic carbocycles. The number of anilines is 1. The second-order valence-electron chi connectivity index (χ2n) is 6.77. The predicted octanol–water partition coefficient (Wildman–Crippen LogP) is 2.65. The van der Waals surface area contributed by atoms with Crippen molar-refractivity contribution < 1.29 is 9.59 Å². The minimum Gasteiger partial charge on any atom is -0.339 e. The number of aryl methyl sites for hydroxylation is 2. The number of hydrogen-bond donors (Lipinski definition) is 2. The fraction of sp³-hybridized carbons (Fsp3) is 0.474. The lowest BCUT2D eigenvalue weighted by Crippen LogP contribution is -2.38. The molecule has 1 aliphatic heterocycles. The highest BCUT2D eigenvalue weighted by molar-refractivity contribution is 5.98. The van der Waals surface area contributed by atoms with Crippen LogP contribution in [0.5, 0.6) is 0 Å². The summed E-state index contributed by atoms with van der Waals surface area (Å²) in [5, 5.41) is 10.0. The molecule has 7 nitrogen and oxygen atoms in total. The van der Waals surface area contributed by atoms with Gasteiger partial charge in [-0.1, -0.05) is 13.0 Å². The Morgan fingerprint density at radius 3 is 2.65 bits per heavy atom. The first kappa shape index (κ1) is 18.1. The summed E-state index contributed by atoms with van der Waals surface area (Å²) in [6.07, 6.45) is 2.56. The number of benzene rings is 1. The number of piperidine rings is 1. The monoisotopic (exact) mass is 355 g/mol. The molecular weight excluding hydrogens is 330 g/mol. The Bertz CT molecular complexity index is 806. The van der Waals surface area contributed by atoms with E-state index < -0.39 is 0 Å². The maximum atomic E-state index is 12.9. The zero-order chi connectivity index (χ0) is 18.7. The van der Waals surface area contributed by atoms with Gasteiger partial charge in [0.05, 0.1) is 0 Å². The zero-order valence-electron chi connectivity index (χ0n) is 15.5. The first-order chi connectivity index (χ1) is 12.5. The normalized spacial score (nSPS) is 15.1. The predicted molar refractivity (Wildman–Crippen MR) is 99.1 cm³/mol. The van der Waals surface area contributed by atoms with E-state index in [9.17, 15) is 9.59 Å². The van der Waals surface area contributed by atoms with Crippen LogP contribution in [-0.2, 0) is 11.2 Å². The molecule has 2 heterocycles. The summed E-state index contributed by atoms with van der Waals surface area (Å²) in [5.41, 5.74) is 2.20. The lowest BCUT2D eigenvalue weighted by molar-refractivity contribution is -0.114. The molecule has 0 spiro atoms. The van der Waals surface area contributed by atoms with Crippen molar-refractivity contribution in [2.45, 2.75) is 46.0 Å². The van der Waals surface area contributed by atoms with Gasteiger partial charge in [0.25, 0.3) is 5.91 Å². The van der Waals surface area contributed by atoms with E-state index in [1.165, 1.54) is 6.92 Å². The average Bonchev–Trinajstić information content (AvgIpc) is 3.12. The minimum absolute atomic E-state index is 0.0115. The number of carbonyl (C=O) groups excluding carboxylic acids is 2. The molecule has 0 bridgehead atoms. The topological polar surface area (TPSA) is 91.0 Å². The molecule has 26 heavy (non-hydrogen) atoms. The standard InChI is InChI=1S/C19H25N5O2/c1-4-17-21-18(23-22-17)14-7-9-24(10-8-14)19(26)16-11-15(20-13(3)25)6-5-12(16)2/h5-6,11,14H,4,7-10H2,1-3H3,(H,20,25)(H,21,22,23). The molecular formula is C19H25N5O2. The van der Waals surface area contributed by atoms with Gasteiger partial charge in [0, 0.05) is 43.6 Å². The number of nitrogens with zero attached hydrogens (tertiary/aromatic N) is 3. The van der Waals surface area contributed by atoms with Crippen LogP contribution in [0.15, 0.2) is 18.2 Å². The van der Waals surface area contributed by atoms with Crippen molar-refractivity contribution in [1.82, 2.24) is 20.1 Å². The number of amides is 2. The molecule has 1 aliphatic rings. The Morgan fingerprint density at radius 1 is 1.31 bits per heavy atom. The highest BCUT2D eigenvalue weighted by atomic mass is 16.2. The van der Waals surface area contributed by atoms with Gasteiger partial charge in [-0.3, -0.25) is 14.7 Å². The second-order valence-corrected chi connectivity index (χ2v) is 6.77. The van der Waals surface area contributed by atoms with Crippen LogP contribution in [0.3, 0.4) is 0 Å². The molecule has 2 aromatic rings. The Morgan fingerprint density at radius 2 is 2.04 bits per heavy atom. The Labute approximate surface area is 153 Å². The van der Waals surface area contributed by atoms with Crippen molar-refractivity contribution >= 4 is 17.5 Å². The molecule has 1 saturated heterocycles. The number of likely N-dealkylation sites (tertiary alicyclic amines) is 1. The summed E-state index contributed by atoms with van der Waals surface area (Å²) >= 11 is 0. The van der Waals surface area contributed by atoms with E-state index in [1.54, 1.807) is 6.07 Å². The molecule has 2 N–H and O–H groups in total. The summed E-state index contributed by atoms with van der Waals surface area (Å²) in [7, 11) is 0. The molecule has 1 fully saturated rings. The van der Waals surface area contributed by atoms with Crippen LogP contribution < -0.4 is 5.32 Å². The summed E-state index contributed by atoms with van der Waals surface area (Å²) < 4.78 is 0. The number of aromatic amines is 1. The molecule has 0 saturated carbocycles. The van der Waals surface area contributed by atoms with E-state index in [4.69, 9.17) is 0 Å². The highest BCUT2D eigenvalue weighted by Crippen LogP contribution is 2.27. The van der Waals surface area contributed by atoms with Crippen molar-refractivity contribution in [3.63, 3.8) is 0 Å². The van der Waals surface area contributed by atoms with Crippen molar-refractivity contribution in [2.75, 3.05) is 18.4 Å². The number of nitrogens with one attached hydrogen (secondary N) is 2. The Kier molecular flexibility index (Phi) is 5.35. The van der Waals surface area contributed by atoms with E-state index in [2.05, 4.69) is 20.5 Å². The highest BCUT2D eigenvalue weighted by Gasteiger charge is 2.27. The molecule has 0 atom stereocenters. The summed E-state index contributed by atoms with van der Waals surface area (Å²) in [4.78, 5) is 30.6. The van der Waals surface area contributed by atoms with Crippen LogP contribution in [0.25, 0.3) is 0 Å². The molecule has 0 radical (unpaired) electrons. The zero-order valence-corrected chi connectivity index (χ0v) is 15.5. The molecule has 1 aromatic heterocycles. The molecule has 138 valence electrons. The first-order valence-corrected chi connectivity index (χ1v) is 9.06. The van der Waals surface area contributed by atoms with E-state index in [0.29, 0.717) is 30.3 Å². The van der Waals surface area contributed by atoms with Crippen LogP contribution in [0.4, 0.5) is 5.69 Å². The summed E-state index contributed by atoms with van der Waals surface area (Å²) in [6.45, 7) is 6.78. The van der Waals surface area contributed by atoms with Crippen molar-refractivity contribution in [3.05, 3.63) is 41.0 Å². The maximum absolute atomic E-state index is 12.9. The number of rotatable bonds is 4. The summed E-state index contributed by atoms with van der Waals surface area (Å²) in [5.74, 6) is 1.92. The molecule has 0 unspecified atom stereocenters. The van der Waals surface area contributed by atoms with Crippen LogP contribution in [0.2, 0.25) is 0 Å². The van der Waals surface area contributed by atoms with Gasteiger partial charge < -0.3 is 10.2 Å². The van der Waals surface area contributed by atoms with Gasteiger partial charge in [0.2, 0.25) is 5.91 Å². The van der Waals surface area contributed by atoms with Gasteiger partial charge in [0.1, 0.15) is 5.82 Å². The van der Waals surface area contributed by atoms with Gasteiger partial charge in [0.15, 0.2) is 5.82 Å². The van der Waals surface area contributed by atoms with Crippen LogP contribution in [0.1, 0.15) is 60.2 Å². The quantitative estimate of drug-likeness (QED) is 0.882. The number of hydrogen-bond acceptors (Lipinski definition) is 4. The third-order valence-electron chi connectivity index (χ3n) is 4.82. The number of carbonyl (C=O) groups is 2. The third-order valence-corrected chi connectivity index (χ3v) is 4.82. The van der Waals surface area contributed by atoms with E-state index in [0.717, 1.165) is 36.5 Å². The molecule has 3 rings (SSSR count). The smallest absolute Gasteiger partial charge is 0.254 e. The number of aromatic nitrogens is 3. The van der Waals surface area contributed by atoms with Crippen LogP contribution in [0, 0.1) is 6.92 Å². The van der Waals surface area contributed by atoms with Crippen molar-refractivity contribution in [1.29, 1.82) is 0 Å². The molecule has 1 aromatic carbocycles. The van der Waals surface area contributed by atoms with Gasteiger partial charge in [-0.15, -0.1) is 0 Å². The SMILES string of the molecule is CCc1nc(C2CCN(C(=O)c3cc(NC(C)=O)ccc3C)CC2)n[nH]1. The minimum atomic E-state index is -0.147. The molecule has 2 amide bonds. The van der Waals surface area contributed by atoms with Crippen molar-refractivity contribution in [3.8, 4) is 0 Å². The van der Waals surface area contributed by atoms with E-state index in [1.807, 2.05) is 30.9 Å². The largest absolute Gasteiger partial charge is 0.339 e. The Balaban J connectivity index is 1.67.